The highest BCUT2D eigenvalue weighted by atomic mass is 32.2. The van der Waals surface area contributed by atoms with Gasteiger partial charge in [0.1, 0.15) is 32.1 Å². The molecule has 168 valence electrons. The van der Waals surface area contributed by atoms with Crippen molar-refractivity contribution in [2.75, 3.05) is 43.5 Å². The van der Waals surface area contributed by atoms with Crippen molar-refractivity contribution in [3.8, 4) is 17.2 Å². The highest BCUT2D eigenvalue weighted by Crippen LogP contribution is 2.34. The predicted octanol–water partition coefficient (Wildman–Crippen LogP) is 2.37. The molecular weight excluding hydrogens is 420 g/mol. The summed E-state index contributed by atoms with van der Waals surface area (Å²) in [6, 6.07) is 12.6. The highest BCUT2D eigenvalue weighted by Gasteiger charge is 2.23. The molecule has 2 aromatic rings. The van der Waals surface area contributed by atoms with Crippen molar-refractivity contribution < 1.29 is 27.4 Å². The number of fused-ring (bicyclic) bond motifs is 1. The molecule has 1 aliphatic rings. The molecule has 1 aliphatic heterocycles. The molecule has 8 nitrogen and oxygen atoms in total. The molecule has 0 radical (unpaired) electrons. The largest absolute Gasteiger partial charge is 0.492 e. The third-order valence-electron chi connectivity index (χ3n) is 4.66. The Morgan fingerprint density at radius 1 is 1.10 bits per heavy atom. The standard InChI is InChI=1S/C22H28N2O6S/c1-3-4-17-5-8-19(9-6-17)28-12-11-23-22(25)16-24(31(2,26)27)18-7-10-20-21(15-18)30-14-13-29-20/h5-10,15H,3-4,11-14,16H2,1-2H3,(H,23,25). The van der Waals surface area contributed by atoms with Crippen LogP contribution in [0.2, 0.25) is 0 Å². The molecule has 0 aromatic heterocycles. The molecule has 31 heavy (non-hydrogen) atoms. The van der Waals surface area contributed by atoms with E-state index in [-0.39, 0.29) is 19.7 Å². The summed E-state index contributed by atoms with van der Waals surface area (Å²) in [6.07, 6.45) is 3.17. The number of ether oxygens (including phenoxy) is 3. The number of nitrogens with one attached hydrogen (secondary N) is 1. The zero-order chi connectivity index (χ0) is 22.3. The summed E-state index contributed by atoms with van der Waals surface area (Å²) in [5.41, 5.74) is 1.59. The second-order valence-corrected chi connectivity index (χ2v) is 9.10. The SMILES string of the molecule is CCCc1ccc(OCCNC(=O)CN(c2ccc3c(c2)OCCO3)S(C)(=O)=O)cc1. The molecule has 0 saturated heterocycles. The molecule has 9 heteroatoms. The van der Waals surface area contributed by atoms with Crippen molar-refractivity contribution in [3.63, 3.8) is 0 Å². The van der Waals surface area contributed by atoms with Crippen LogP contribution in [0.1, 0.15) is 18.9 Å². The van der Waals surface area contributed by atoms with Crippen molar-refractivity contribution in [3.05, 3.63) is 48.0 Å². The Labute approximate surface area is 183 Å². The lowest BCUT2D eigenvalue weighted by Crippen LogP contribution is -2.41. The zero-order valence-corrected chi connectivity index (χ0v) is 18.6. The van der Waals surface area contributed by atoms with E-state index in [1.807, 2.05) is 24.3 Å². The molecular formula is C22H28N2O6S. The van der Waals surface area contributed by atoms with Crippen LogP contribution in [0.5, 0.6) is 17.2 Å². The number of carbonyl (C=O) groups is 1. The van der Waals surface area contributed by atoms with Crippen LogP contribution in [-0.4, -0.2) is 53.5 Å². The first kappa shape index (κ1) is 22.7. The summed E-state index contributed by atoms with van der Waals surface area (Å²) in [5.74, 6) is 1.30. The van der Waals surface area contributed by atoms with Gasteiger partial charge in [0.05, 0.1) is 18.5 Å². The lowest BCUT2D eigenvalue weighted by atomic mass is 10.1. The van der Waals surface area contributed by atoms with Crippen LogP contribution in [0.15, 0.2) is 42.5 Å². The molecule has 0 fully saturated rings. The third-order valence-corrected chi connectivity index (χ3v) is 5.80. The number of hydrogen-bond acceptors (Lipinski definition) is 6. The van der Waals surface area contributed by atoms with Gasteiger partial charge in [-0.15, -0.1) is 0 Å². The van der Waals surface area contributed by atoms with Gasteiger partial charge in [0, 0.05) is 6.07 Å². The van der Waals surface area contributed by atoms with Crippen LogP contribution in [0.3, 0.4) is 0 Å². The summed E-state index contributed by atoms with van der Waals surface area (Å²) < 4.78 is 42.2. The number of sulfonamides is 1. The van der Waals surface area contributed by atoms with E-state index in [0.29, 0.717) is 30.4 Å². The van der Waals surface area contributed by atoms with Gasteiger partial charge >= 0.3 is 0 Å². The average molecular weight is 449 g/mol. The Bertz CT molecular complexity index is 992. The van der Waals surface area contributed by atoms with Gasteiger partial charge in [-0.3, -0.25) is 9.10 Å². The Kier molecular flexibility index (Phi) is 7.62. The second kappa shape index (κ2) is 10.4. The number of nitrogens with zero attached hydrogens (tertiary/aromatic N) is 1. The lowest BCUT2D eigenvalue weighted by Gasteiger charge is -2.24. The fourth-order valence-corrected chi connectivity index (χ4v) is 4.02. The van der Waals surface area contributed by atoms with Gasteiger partial charge in [0.15, 0.2) is 11.5 Å². The fraction of sp³-hybridized carbons (Fsp3) is 0.409. The van der Waals surface area contributed by atoms with Gasteiger partial charge in [0.2, 0.25) is 15.9 Å². The molecule has 0 aliphatic carbocycles. The molecule has 1 heterocycles. The zero-order valence-electron chi connectivity index (χ0n) is 17.8. The number of rotatable bonds is 10. The first-order valence-electron chi connectivity index (χ1n) is 10.2. The van der Waals surface area contributed by atoms with E-state index >= 15 is 0 Å². The maximum absolute atomic E-state index is 12.4. The lowest BCUT2D eigenvalue weighted by molar-refractivity contribution is -0.119. The van der Waals surface area contributed by atoms with E-state index in [0.717, 1.165) is 29.2 Å². The molecule has 0 spiro atoms. The monoisotopic (exact) mass is 448 g/mol. The van der Waals surface area contributed by atoms with E-state index in [2.05, 4.69) is 12.2 Å². The van der Waals surface area contributed by atoms with Crippen LogP contribution in [0.25, 0.3) is 0 Å². The molecule has 1 N–H and O–H groups in total. The van der Waals surface area contributed by atoms with Crippen molar-refractivity contribution in [1.29, 1.82) is 0 Å². The third kappa shape index (κ3) is 6.52. The Hall–Kier alpha value is -2.94. The minimum absolute atomic E-state index is 0.258. The summed E-state index contributed by atoms with van der Waals surface area (Å²) in [7, 11) is -3.68. The fourth-order valence-electron chi connectivity index (χ4n) is 3.17. The minimum atomic E-state index is -3.68. The Balaban J connectivity index is 1.53. The molecule has 0 atom stereocenters. The quantitative estimate of drug-likeness (QED) is 0.561. The van der Waals surface area contributed by atoms with E-state index < -0.39 is 15.9 Å². The van der Waals surface area contributed by atoms with Gasteiger partial charge in [-0.2, -0.15) is 0 Å². The summed E-state index contributed by atoms with van der Waals surface area (Å²) >= 11 is 0. The number of anilines is 1. The van der Waals surface area contributed by atoms with Crippen molar-refractivity contribution >= 4 is 21.6 Å². The van der Waals surface area contributed by atoms with E-state index in [9.17, 15) is 13.2 Å². The van der Waals surface area contributed by atoms with Gasteiger partial charge in [0.25, 0.3) is 0 Å². The summed E-state index contributed by atoms with van der Waals surface area (Å²) in [5, 5.41) is 2.69. The maximum atomic E-state index is 12.4. The highest BCUT2D eigenvalue weighted by molar-refractivity contribution is 7.92. The number of aryl methyl sites for hydroxylation is 1. The number of benzene rings is 2. The summed E-state index contributed by atoms with van der Waals surface area (Å²) in [6.45, 7) is 3.15. The predicted molar refractivity (Wildman–Crippen MR) is 119 cm³/mol. The molecule has 0 saturated carbocycles. The number of hydrogen-bond donors (Lipinski definition) is 1. The topological polar surface area (TPSA) is 94.2 Å². The Morgan fingerprint density at radius 3 is 2.48 bits per heavy atom. The average Bonchev–Trinajstić information content (AvgIpc) is 2.75. The smallest absolute Gasteiger partial charge is 0.240 e. The van der Waals surface area contributed by atoms with Crippen LogP contribution in [-0.2, 0) is 21.2 Å². The molecule has 0 unspecified atom stereocenters. The summed E-state index contributed by atoms with van der Waals surface area (Å²) in [4.78, 5) is 12.4. The second-order valence-electron chi connectivity index (χ2n) is 7.19. The van der Waals surface area contributed by atoms with Crippen LogP contribution < -0.4 is 23.8 Å². The maximum Gasteiger partial charge on any atom is 0.240 e. The van der Waals surface area contributed by atoms with E-state index in [1.165, 1.54) is 5.56 Å². The van der Waals surface area contributed by atoms with E-state index in [4.69, 9.17) is 14.2 Å². The van der Waals surface area contributed by atoms with Crippen molar-refractivity contribution in [2.45, 2.75) is 19.8 Å². The minimum Gasteiger partial charge on any atom is -0.492 e. The van der Waals surface area contributed by atoms with Crippen LogP contribution in [0, 0.1) is 0 Å². The first-order chi connectivity index (χ1) is 14.9. The van der Waals surface area contributed by atoms with Gasteiger partial charge < -0.3 is 19.5 Å². The number of carbonyl (C=O) groups excluding carboxylic acids is 1. The molecule has 3 rings (SSSR count). The Morgan fingerprint density at radius 2 is 1.81 bits per heavy atom. The van der Waals surface area contributed by atoms with Crippen molar-refractivity contribution in [1.82, 2.24) is 5.32 Å². The van der Waals surface area contributed by atoms with E-state index in [1.54, 1.807) is 18.2 Å². The first-order valence-corrected chi connectivity index (χ1v) is 12.1. The van der Waals surface area contributed by atoms with Crippen molar-refractivity contribution in [2.24, 2.45) is 0 Å². The van der Waals surface area contributed by atoms with Gasteiger partial charge in [-0.25, -0.2) is 8.42 Å². The normalized spacial score (nSPS) is 12.8. The van der Waals surface area contributed by atoms with Gasteiger partial charge in [-0.1, -0.05) is 25.5 Å². The molecule has 2 aromatic carbocycles. The van der Waals surface area contributed by atoms with Gasteiger partial charge in [-0.05, 0) is 36.2 Å². The number of amides is 1. The van der Waals surface area contributed by atoms with Crippen LogP contribution >= 0.6 is 0 Å². The van der Waals surface area contributed by atoms with Crippen LogP contribution in [0.4, 0.5) is 5.69 Å². The molecule has 1 amide bonds. The molecule has 0 bridgehead atoms.